The third kappa shape index (κ3) is 3.44. The Hall–Kier alpha value is -1.92. The van der Waals surface area contributed by atoms with Crippen molar-refractivity contribution in [2.24, 2.45) is 0 Å². The van der Waals surface area contributed by atoms with E-state index in [-0.39, 0.29) is 33.9 Å². The van der Waals surface area contributed by atoms with Gasteiger partial charge in [-0.05, 0) is 38.3 Å². The van der Waals surface area contributed by atoms with Gasteiger partial charge in [-0.15, -0.1) is 0 Å². The largest absolute Gasteiger partial charge is 0.378 e. The first-order valence-corrected chi connectivity index (χ1v) is 8.26. The molecule has 1 aliphatic rings. The number of halogens is 2. The van der Waals surface area contributed by atoms with Gasteiger partial charge >= 0.3 is 0 Å². The summed E-state index contributed by atoms with van der Waals surface area (Å²) in [6.45, 7) is 2.86. The van der Waals surface area contributed by atoms with E-state index < -0.39 is 5.82 Å². The molecule has 0 spiro atoms. The zero-order valence-electron chi connectivity index (χ0n) is 13.3. The average molecular weight is 353 g/mol. The first kappa shape index (κ1) is 16.9. The van der Waals surface area contributed by atoms with E-state index in [1.807, 2.05) is 0 Å². The standard InChI is InChI=1S/C17H18ClFN2O3/c1-10-14(17(22)20-8-7-11-4-3-9-23-11)16(21-24-10)15-12(18)5-2-6-13(15)19/h2,5-6,11H,3-4,7-9H2,1H3,(H,20,22)/t11-/m0/s1. The summed E-state index contributed by atoms with van der Waals surface area (Å²) in [6.07, 6.45) is 3.00. The van der Waals surface area contributed by atoms with Crippen LogP contribution in [-0.2, 0) is 4.74 Å². The number of carbonyl (C=O) groups excluding carboxylic acids is 1. The van der Waals surface area contributed by atoms with Crippen molar-refractivity contribution in [3.63, 3.8) is 0 Å². The summed E-state index contributed by atoms with van der Waals surface area (Å²) in [6, 6.07) is 4.31. The fourth-order valence-corrected chi connectivity index (χ4v) is 3.09. The van der Waals surface area contributed by atoms with Crippen LogP contribution in [0.25, 0.3) is 11.3 Å². The third-order valence-electron chi connectivity index (χ3n) is 4.07. The lowest BCUT2D eigenvalue weighted by Crippen LogP contribution is -2.27. The zero-order valence-corrected chi connectivity index (χ0v) is 14.0. The molecule has 1 aromatic heterocycles. The van der Waals surface area contributed by atoms with Crippen molar-refractivity contribution in [3.8, 4) is 11.3 Å². The highest BCUT2D eigenvalue weighted by atomic mass is 35.5. The number of nitrogens with one attached hydrogen (secondary N) is 1. The first-order valence-electron chi connectivity index (χ1n) is 7.88. The number of ether oxygens (including phenoxy) is 1. The summed E-state index contributed by atoms with van der Waals surface area (Å²) in [7, 11) is 0. The Bertz CT molecular complexity index is 721. The van der Waals surface area contributed by atoms with Crippen LogP contribution < -0.4 is 5.32 Å². The minimum atomic E-state index is -0.552. The van der Waals surface area contributed by atoms with Gasteiger partial charge in [-0.25, -0.2) is 4.39 Å². The van der Waals surface area contributed by atoms with Crippen molar-refractivity contribution in [1.29, 1.82) is 0 Å². The maximum Gasteiger partial charge on any atom is 0.257 e. The molecule has 1 aliphatic heterocycles. The Morgan fingerprint density at radius 3 is 3.04 bits per heavy atom. The molecule has 1 fully saturated rings. The van der Waals surface area contributed by atoms with Crippen LogP contribution in [0.1, 0.15) is 35.4 Å². The summed E-state index contributed by atoms with van der Waals surface area (Å²) in [5.41, 5.74) is 0.389. The average Bonchev–Trinajstić information content (AvgIpc) is 3.17. The normalized spacial score (nSPS) is 17.2. The number of hydrogen-bond donors (Lipinski definition) is 1. The predicted octanol–water partition coefficient (Wildman–Crippen LogP) is 3.74. The highest BCUT2D eigenvalue weighted by Crippen LogP contribution is 2.33. The van der Waals surface area contributed by atoms with Crippen LogP contribution in [-0.4, -0.2) is 30.3 Å². The van der Waals surface area contributed by atoms with Crippen LogP contribution in [0, 0.1) is 12.7 Å². The molecular weight excluding hydrogens is 335 g/mol. The number of aromatic nitrogens is 1. The van der Waals surface area contributed by atoms with Gasteiger partial charge < -0.3 is 14.6 Å². The van der Waals surface area contributed by atoms with Crippen LogP contribution in [0.3, 0.4) is 0 Å². The highest BCUT2D eigenvalue weighted by Gasteiger charge is 2.25. The van der Waals surface area contributed by atoms with Crippen molar-refractivity contribution in [2.75, 3.05) is 13.2 Å². The van der Waals surface area contributed by atoms with Gasteiger partial charge in [0.25, 0.3) is 5.91 Å². The van der Waals surface area contributed by atoms with E-state index in [0.717, 1.165) is 25.9 Å². The molecule has 2 heterocycles. The fourth-order valence-electron chi connectivity index (χ4n) is 2.84. The van der Waals surface area contributed by atoms with Crippen LogP contribution in [0.2, 0.25) is 5.02 Å². The van der Waals surface area contributed by atoms with Crippen molar-refractivity contribution >= 4 is 17.5 Å². The van der Waals surface area contributed by atoms with Gasteiger partial charge in [-0.3, -0.25) is 4.79 Å². The molecule has 0 bridgehead atoms. The van der Waals surface area contributed by atoms with Gasteiger partial charge in [0.1, 0.15) is 22.8 Å². The summed E-state index contributed by atoms with van der Waals surface area (Å²) < 4.78 is 24.8. The number of aryl methyl sites for hydroxylation is 1. The molecule has 0 unspecified atom stereocenters. The van der Waals surface area contributed by atoms with Crippen molar-refractivity contribution in [1.82, 2.24) is 10.5 Å². The number of amides is 1. The molecule has 1 atom stereocenters. The van der Waals surface area contributed by atoms with E-state index in [1.165, 1.54) is 12.1 Å². The maximum absolute atomic E-state index is 14.1. The molecule has 0 radical (unpaired) electrons. The van der Waals surface area contributed by atoms with E-state index in [2.05, 4.69) is 10.5 Å². The molecule has 7 heteroatoms. The second kappa shape index (κ2) is 7.32. The van der Waals surface area contributed by atoms with Crippen LogP contribution in [0.15, 0.2) is 22.7 Å². The molecule has 1 saturated heterocycles. The number of carbonyl (C=O) groups is 1. The zero-order chi connectivity index (χ0) is 17.1. The molecular formula is C17H18ClFN2O3. The minimum absolute atomic E-state index is 0.0697. The van der Waals surface area contributed by atoms with Crippen molar-refractivity contribution in [2.45, 2.75) is 32.3 Å². The second-order valence-electron chi connectivity index (χ2n) is 5.74. The first-order chi connectivity index (χ1) is 11.6. The lowest BCUT2D eigenvalue weighted by Gasteiger charge is -2.10. The molecule has 0 saturated carbocycles. The Balaban J connectivity index is 1.78. The Labute approximate surface area is 144 Å². The van der Waals surface area contributed by atoms with E-state index in [9.17, 15) is 9.18 Å². The molecule has 5 nitrogen and oxygen atoms in total. The number of nitrogens with zero attached hydrogens (tertiary/aromatic N) is 1. The molecule has 0 aliphatic carbocycles. The summed E-state index contributed by atoms with van der Waals surface area (Å²) in [4.78, 5) is 12.5. The van der Waals surface area contributed by atoms with Gasteiger partial charge in [0, 0.05) is 13.2 Å². The smallest absolute Gasteiger partial charge is 0.257 e. The molecule has 1 aromatic carbocycles. The number of rotatable bonds is 5. The van der Waals surface area contributed by atoms with Gasteiger partial charge in [-0.2, -0.15) is 0 Å². The van der Waals surface area contributed by atoms with E-state index in [0.29, 0.717) is 12.3 Å². The van der Waals surface area contributed by atoms with Crippen molar-refractivity contribution in [3.05, 3.63) is 40.4 Å². The summed E-state index contributed by atoms with van der Waals surface area (Å²) in [5, 5.41) is 6.82. The Morgan fingerprint density at radius 2 is 2.33 bits per heavy atom. The minimum Gasteiger partial charge on any atom is -0.378 e. The van der Waals surface area contributed by atoms with E-state index in [4.69, 9.17) is 20.9 Å². The van der Waals surface area contributed by atoms with E-state index in [1.54, 1.807) is 13.0 Å². The molecule has 3 rings (SSSR count). The van der Waals surface area contributed by atoms with Gasteiger partial charge in [0.05, 0.1) is 16.7 Å². The van der Waals surface area contributed by atoms with Gasteiger partial charge in [0.15, 0.2) is 0 Å². The fraction of sp³-hybridized carbons (Fsp3) is 0.412. The molecule has 24 heavy (non-hydrogen) atoms. The van der Waals surface area contributed by atoms with Crippen molar-refractivity contribution < 1.29 is 18.4 Å². The lowest BCUT2D eigenvalue weighted by molar-refractivity contribution is 0.0906. The number of hydrogen-bond acceptors (Lipinski definition) is 4. The Kier molecular flexibility index (Phi) is 5.16. The second-order valence-corrected chi connectivity index (χ2v) is 6.15. The van der Waals surface area contributed by atoms with Crippen LogP contribution in [0.5, 0.6) is 0 Å². The van der Waals surface area contributed by atoms with Crippen LogP contribution in [0.4, 0.5) is 4.39 Å². The topological polar surface area (TPSA) is 64.4 Å². The quantitative estimate of drug-likeness (QED) is 0.890. The predicted molar refractivity (Wildman–Crippen MR) is 87.6 cm³/mol. The number of benzene rings is 1. The monoisotopic (exact) mass is 352 g/mol. The van der Waals surface area contributed by atoms with Crippen LogP contribution >= 0.6 is 11.6 Å². The highest BCUT2D eigenvalue weighted by molar-refractivity contribution is 6.33. The van der Waals surface area contributed by atoms with Gasteiger partial charge in [-0.1, -0.05) is 22.8 Å². The molecule has 1 N–H and O–H groups in total. The SMILES string of the molecule is Cc1onc(-c2c(F)cccc2Cl)c1C(=O)NCC[C@@H]1CCCO1. The molecule has 128 valence electrons. The molecule has 1 amide bonds. The molecule has 2 aromatic rings. The van der Waals surface area contributed by atoms with E-state index >= 15 is 0 Å². The summed E-state index contributed by atoms with van der Waals surface area (Å²) in [5.74, 6) is -0.593. The van der Waals surface area contributed by atoms with Gasteiger partial charge in [0.2, 0.25) is 0 Å². The lowest BCUT2D eigenvalue weighted by atomic mass is 10.0. The summed E-state index contributed by atoms with van der Waals surface area (Å²) >= 11 is 6.07. The maximum atomic E-state index is 14.1. The Morgan fingerprint density at radius 1 is 1.50 bits per heavy atom. The third-order valence-corrected chi connectivity index (χ3v) is 4.38.